The van der Waals surface area contributed by atoms with Gasteiger partial charge in [-0.25, -0.2) is 8.42 Å². The van der Waals surface area contributed by atoms with Crippen LogP contribution in [0.1, 0.15) is 47.2 Å². The smallest absolute Gasteiger partial charge is 0.248 e. The van der Waals surface area contributed by atoms with Crippen LogP contribution in [0, 0.1) is 0 Å². The molecule has 2 aromatic rings. The fourth-order valence-electron chi connectivity index (χ4n) is 5.53. The molecule has 3 atom stereocenters. The number of carbonyl (C=O) groups is 1. The van der Waals surface area contributed by atoms with Gasteiger partial charge < -0.3 is 20.5 Å². The maximum atomic E-state index is 14.3. The van der Waals surface area contributed by atoms with E-state index in [9.17, 15) is 13.2 Å². The summed E-state index contributed by atoms with van der Waals surface area (Å²) in [7, 11) is -1.97. The number of allylic oxidation sites excluding steroid dienone is 1. The van der Waals surface area contributed by atoms with Crippen LogP contribution in [0.3, 0.4) is 0 Å². The number of fused-ring (bicyclic) bond motifs is 3. The zero-order chi connectivity index (χ0) is 25.1. The third-order valence-corrected chi connectivity index (χ3v) is 10.3. The van der Waals surface area contributed by atoms with Crippen molar-refractivity contribution in [3.8, 4) is 5.75 Å². The number of nitrogens with two attached hydrogens (primary N) is 1. The van der Waals surface area contributed by atoms with Crippen molar-refractivity contribution in [1.82, 2.24) is 0 Å². The normalized spacial score (nSPS) is 22.1. The molecule has 35 heavy (non-hydrogen) atoms. The van der Waals surface area contributed by atoms with E-state index in [1.54, 1.807) is 31.4 Å². The maximum absolute atomic E-state index is 14.3. The summed E-state index contributed by atoms with van der Waals surface area (Å²) in [6.45, 7) is 4.74. The zero-order valence-electron chi connectivity index (χ0n) is 20.2. The number of primary amides is 1. The van der Waals surface area contributed by atoms with Gasteiger partial charge >= 0.3 is 0 Å². The van der Waals surface area contributed by atoms with Gasteiger partial charge in [-0.1, -0.05) is 30.3 Å². The molecule has 0 aromatic heterocycles. The second kappa shape index (κ2) is 10.4. The van der Waals surface area contributed by atoms with Gasteiger partial charge in [0.25, 0.3) is 0 Å². The summed E-state index contributed by atoms with van der Waals surface area (Å²) < 4.78 is 40.1. The summed E-state index contributed by atoms with van der Waals surface area (Å²) in [6, 6.07) is 13.1. The summed E-state index contributed by atoms with van der Waals surface area (Å²) in [4.78, 5) is 11.7. The predicted molar refractivity (Wildman–Crippen MR) is 138 cm³/mol. The molecule has 1 aliphatic carbocycles. The van der Waals surface area contributed by atoms with Crippen molar-refractivity contribution >= 4 is 21.4 Å². The van der Waals surface area contributed by atoms with Crippen LogP contribution >= 0.6 is 0 Å². The maximum Gasteiger partial charge on any atom is 0.248 e. The van der Waals surface area contributed by atoms with Crippen LogP contribution in [0.15, 0.2) is 55.1 Å². The van der Waals surface area contributed by atoms with Gasteiger partial charge in [0.15, 0.2) is 9.84 Å². The summed E-state index contributed by atoms with van der Waals surface area (Å²) in [6.07, 6.45) is 4.56. The van der Waals surface area contributed by atoms with Crippen molar-refractivity contribution < 1.29 is 22.7 Å². The fraction of sp³-hybridized carbons (Fsp3) is 0.444. The second-order valence-electron chi connectivity index (χ2n) is 9.42. The highest BCUT2D eigenvalue weighted by molar-refractivity contribution is 7.92. The first kappa shape index (κ1) is 25.3. The van der Waals surface area contributed by atoms with Crippen LogP contribution in [0.25, 0.3) is 0 Å². The molecule has 1 aliphatic heterocycles. The Hall–Kier alpha value is -2.84. The molecule has 2 aromatic carbocycles. The molecule has 1 heterocycles. The average Bonchev–Trinajstić information content (AvgIpc) is 3.04. The van der Waals surface area contributed by atoms with Gasteiger partial charge in [0, 0.05) is 25.8 Å². The van der Waals surface area contributed by atoms with Crippen LogP contribution in [0.4, 0.5) is 5.69 Å². The molecule has 3 N–H and O–H groups in total. The van der Waals surface area contributed by atoms with Gasteiger partial charge in [-0.15, -0.1) is 6.58 Å². The van der Waals surface area contributed by atoms with E-state index in [1.807, 2.05) is 18.2 Å². The number of rotatable bonds is 9. The number of hydrogen-bond donors (Lipinski definition) is 2. The number of amides is 1. The monoisotopic (exact) mass is 498 g/mol. The van der Waals surface area contributed by atoms with Crippen molar-refractivity contribution in [3.63, 3.8) is 0 Å². The minimum atomic E-state index is -3.57. The third kappa shape index (κ3) is 4.82. The Morgan fingerprint density at radius 2 is 2.11 bits per heavy atom. The molecule has 2 aliphatic rings. The highest BCUT2D eigenvalue weighted by Crippen LogP contribution is 2.46. The molecular formula is C27H34N2O5S. The number of benzene rings is 2. The lowest BCUT2D eigenvalue weighted by molar-refractivity contribution is 0.1000. The number of ether oxygens (including phenoxy) is 2. The Balaban J connectivity index is 1.78. The lowest BCUT2D eigenvalue weighted by atomic mass is 9.70. The molecule has 0 saturated carbocycles. The average molecular weight is 499 g/mol. The Kier molecular flexibility index (Phi) is 7.52. The third-order valence-electron chi connectivity index (χ3n) is 7.39. The van der Waals surface area contributed by atoms with Gasteiger partial charge in [-0.3, -0.25) is 4.79 Å². The van der Waals surface area contributed by atoms with Gasteiger partial charge in [0.05, 0.1) is 21.6 Å². The lowest BCUT2D eigenvalue weighted by Gasteiger charge is -2.45. The zero-order valence-corrected chi connectivity index (χ0v) is 21.0. The molecular weight excluding hydrogens is 464 g/mol. The van der Waals surface area contributed by atoms with Gasteiger partial charge in [0.1, 0.15) is 12.4 Å². The fourth-order valence-corrected chi connectivity index (χ4v) is 8.24. The minimum absolute atomic E-state index is 0.211. The first-order chi connectivity index (χ1) is 16.8. The molecule has 8 heteroatoms. The number of methoxy groups -OCH3 is 1. The Morgan fingerprint density at radius 3 is 2.86 bits per heavy atom. The number of sulfone groups is 1. The van der Waals surface area contributed by atoms with E-state index >= 15 is 0 Å². The number of carbonyl (C=O) groups excluding carboxylic acids is 1. The SMILES string of the molecule is C=CCC[C@H](CCOC)S(=O)(=O)C1CCc2ccccc2C12CNc1cc(C(N)=O)ccc1OC2. The van der Waals surface area contributed by atoms with E-state index in [-0.39, 0.29) is 6.61 Å². The van der Waals surface area contributed by atoms with Gasteiger partial charge in [-0.05, 0) is 61.4 Å². The van der Waals surface area contributed by atoms with Crippen molar-refractivity contribution in [2.75, 3.05) is 32.2 Å². The molecule has 188 valence electrons. The highest BCUT2D eigenvalue weighted by atomic mass is 32.2. The first-order valence-electron chi connectivity index (χ1n) is 12.0. The van der Waals surface area contributed by atoms with Crippen molar-refractivity contribution in [1.29, 1.82) is 0 Å². The molecule has 1 spiro atoms. The lowest BCUT2D eigenvalue weighted by Crippen LogP contribution is -2.56. The van der Waals surface area contributed by atoms with E-state index in [1.165, 1.54) is 0 Å². The summed E-state index contributed by atoms with van der Waals surface area (Å²) >= 11 is 0. The predicted octanol–water partition coefficient (Wildman–Crippen LogP) is 3.63. The van der Waals surface area contributed by atoms with Crippen LogP contribution in [-0.4, -0.2) is 51.7 Å². The number of hydrogen-bond acceptors (Lipinski definition) is 6. The molecule has 0 radical (unpaired) electrons. The van der Waals surface area contributed by atoms with Crippen LogP contribution in [-0.2, 0) is 26.4 Å². The van der Waals surface area contributed by atoms with E-state index in [0.29, 0.717) is 62.3 Å². The van der Waals surface area contributed by atoms with Gasteiger partial charge in [0.2, 0.25) is 5.91 Å². The molecule has 1 amide bonds. The first-order valence-corrected chi connectivity index (χ1v) is 13.7. The summed E-state index contributed by atoms with van der Waals surface area (Å²) in [5.74, 6) is 0.0499. The minimum Gasteiger partial charge on any atom is -0.490 e. The second-order valence-corrected chi connectivity index (χ2v) is 11.8. The molecule has 4 rings (SSSR count). The quantitative estimate of drug-likeness (QED) is 0.511. The molecule has 0 fully saturated rings. The van der Waals surface area contributed by atoms with Gasteiger partial charge in [-0.2, -0.15) is 0 Å². The van der Waals surface area contributed by atoms with Crippen LogP contribution in [0.5, 0.6) is 5.75 Å². The summed E-state index contributed by atoms with van der Waals surface area (Å²) in [5.41, 5.74) is 7.84. The highest BCUT2D eigenvalue weighted by Gasteiger charge is 2.53. The van der Waals surface area contributed by atoms with Crippen LogP contribution < -0.4 is 15.8 Å². The number of aryl methyl sites for hydroxylation is 1. The number of anilines is 1. The Morgan fingerprint density at radius 1 is 1.31 bits per heavy atom. The Labute approximate surface area is 207 Å². The van der Waals surface area contributed by atoms with E-state index in [2.05, 4.69) is 18.0 Å². The standard InChI is InChI=1S/C27H34N2O5S/c1-3-4-8-21(14-15-33-2)35(31,32)25-13-11-19-7-5-6-9-22(19)27(25)17-29-23-16-20(26(28)30)10-12-24(23)34-18-27/h3,5-7,9-10,12,16,21,25,29H,1,4,8,11,13-15,17-18H2,2H3,(H2,28,30)/t21-,25?,27?/m1/s1. The Bertz CT molecular complexity index is 1200. The van der Waals surface area contributed by atoms with Crippen molar-refractivity contribution in [3.05, 3.63) is 71.8 Å². The van der Waals surface area contributed by atoms with E-state index in [0.717, 1.165) is 11.1 Å². The number of nitrogens with one attached hydrogen (secondary N) is 1. The summed E-state index contributed by atoms with van der Waals surface area (Å²) in [5, 5.41) is 2.25. The molecule has 0 saturated heterocycles. The largest absolute Gasteiger partial charge is 0.490 e. The molecule has 7 nitrogen and oxygen atoms in total. The van der Waals surface area contributed by atoms with Crippen molar-refractivity contribution in [2.24, 2.45) is 5.73 Å². The van der Waals surface area contributed by atoms with E-state index in [4.69, 9.17) is 15.2 Å². The molecule has 0 bridgehead atoms. The topological polar surface area (TPSA) is 108 Å². The van der Waals surface area contributed by atoms with E-state index < -0.39 is 31.7 Å². The van der Waals surface area contributed by atoms with Crippen LogP contribution in [0.2, 0.25) is 0 Å². The molecule has 2 unspecified atom stereocenters. The van der Waals surface area contributed by atoms with Crippen molar-refractivity contribution in [2.45, 2.75) is 48.0 Å².